The highest BCUT2D eigenvalue weighted by Gasteiger charge is 2.24. The predicted octanol–water partition coefficient (Wildman–Crippen LogP) is 4.50. The largest absolute Gasteiger partial charge is 0.345 e. The van der Waals surface area contributed by atoms with Crippen LogP contribution in [0.15, 0.2) is 72.9 Å². The highest BCUT2D eigenvalue weighted by molar-refractivity contribution is 6.06. The third-order valence-electron chi connectivity index (χ3n) is 5.48. The summed E-state index contributed by atoms with van der Waals surface area (Å²) in [6.45, 7) is 5.34. The maximum atomic E-state index is 13.5. The van der Waals surface area contributed by atoms with Gasteiger partial charge >= 0.3 is 0 Å². The van der Waals surface area contributed by atoms with E-state index in [-0.39, 0.29) is 5.91 Å². The Morgan fingerprint density at radius 2 is 1.72 bits per heavy atom. The standard InChI is InChI=1S/C24H22N4O/c1-17-14-18(2)28(25-17)21-11-9-19(10-12-21)24(29)27-16-22-7-5-13-26(22)15-20-6-3-4-8-23(20)27/h3-14H,15-16H2,1-2H3. The summed E-state index contributed by atoms with van der Waals surface area (Å²) in [6, 6.07) is 22.0. The van der Waals surface area contributed by atoms with Crippen molar-refractivity contribution in [3.8, 4) is 5.69 Å². The number of aromatic nitrogens is 3. The fraction of sp³-hybridized carbons (Fsp3) is 0.167. The van der Waals surface area contributed by atoms with Gasteiger partial charge in [-0.3, -0.25) is 4.79 Å². The highest BCUT2D eigenvalue weighted by Crippen LogP contribution is 2.29. The van der Waals surface area contributed by atoms with Crippen LogP contribution >= 0.6 is 0 Å². The van der Waals surface area contributed by atoms with E-state index in [1.807, 2.05) is 78.0 Å². The molecule has 0 saturated carbocycles. The lowest BCUT2D eigenvalue weighted by molar-refractivity contribution is 0.0985. The van der Waals surface area contributed by atoms with Crippen LogP contribution in [0.2, 0.25) is 0 Å². The van der Waals surface area contributed by atoms with Crippen molar-refractivity contribution in [2.24, 2.45) is 0 Å². The van der Waals surface area contributed by atoms with Gasteiger partial charge in [-0.25, -0.2) is 4.68 Å². The van der Waals surface area contributed by atoms with Gasteiger partial charge in [0.15, 0.2) is 0 Å². The molecule has 0 spiro atoms. The average molecular weight is 382 g/mol. The number of fused-ring (bicyclic) bond motifs is 2. The van der Waals surface area contributed by atoms with E-state index in [4.69, 9.17) is 0 Å². The summed E-state index contributed by atoms with van der Waals surface area (Å²) in [5.41, 5.74) is 6.94. The number of anilines is 1. The molecule has 0 radical (unpaired) electrons. The normalized spacial score (nSPS) is 13.0. The molecule has 1 aliphatic heterocycles. The van der Waals surface area contributed by atoms with Crippen LogP contribution in [0.1, 0.15) is 33.0 Å². The second-order valence-corrected chi connectivity index (χ2v) is 7.53. The van der Waals surface area contributed by atoms with E-state index in [0.29, 0.717) is 12.1 Å². The molecule has 0 atom stereocenters. The monoisotopic (exact) mass is 382 g/mol. The van der Waals surface area contributed by atoms with Crippen molar-refractivity contribution in [1.82, 2.24) is 14.3 Å². The van der Waals surface area contributed by atoms with Crippen molar-refractivity contribution < 1.29 is 4.79 Å². The van der Waals surface area contributed by atoms with Gasteiger partial charge in [-0.2, -0.15) is 5.10 Å². The van der Waals surface area contributed by atoms with Crippen LogP contribution in [0.4, 0.5) is 5.69 Å². The van der Waals surface area contributed by atoms with Crippen LogP contribution < -0.4 is 4.90 Å². The highest BCUT2D eigenvalue weighted by atomic mass is 16.2. The van der Waals surface area contributed by atoms with Gasteiger partial charge in [0, 0.05) is 35.4 Å². The van der Waals surface area contributed by atoms with Crippen LogP contribution in [0, 0.1) is 13.8 Å². The van der Waals surface area contributed by atoms with E-state index >= 15 is 0 Å². The fourth-order valence-corrected chi connectivity index (χ4v) is 4.06. The van der Waals surface area contributed by atoms with Crippen molar-refractivity contribution in [3.63, 3.8) is 0 Å². The Balaban J connectivity index is 1.51. The molecule has 0 aliphatic carbocycles. The summed E-state index contributed by atoms with van der Waals surface area (Å²) < 4.78 is 4.11. The molecule has 5 nitrogen and oxygen atoms in total. The van der Waals surface area contributed by atoms with E-state index in [9.17, 15) is 4.79 Å². The predicted molar refractivity (Wildman–Crippen MR) is 114 cm³/mol. The molecule has 144 valence electrons. The lowest BCUT2D eigenvalue weighted by Crippen LogP contribution is -2.30. The van der Waals surface area contributed by atoms with Gasteiger partial charge in [-0.15, -0.1) is 0 Å². The first kappa shape index (κ1) is 17.5. The minimum atomic E-state index is 0.00650. The summed E-state index contributed by atoms with van der Waals surface area (Å²) in [5, 5.41) is 4.52. The third kappa shape index (κ3) is 3.05. The van der Waals surface area contributed by atoms with E-state index in [1.54, 1.807) is 0 Å². The second-order valence-electron chi connectivity index (χ2n) is 7.53. The summed E-state index contributed by atoms with van der Waals surface area (Å²) in [4.78, 5) is 15.3. The fourth-order valence-electron chi connectivity index (χ4n) is 4.06. The molecular weight excluding hydrogens is 360 g/mol. The maximum Gasteiger partial charge on any atom is 0.258 e. The Morgan fingerprint density at radius 3 is 2.48 bits per heavy atom. The average Bonchev–Trinajstić information content (AvgIpc) is 3.27. The number of carbonyl (C=O) groups is 1. The van der Waals surface area contributed by atoms with Crippen LogP contribution in [0.25, 0.3) is 5.69 Å². The summed E-state index contributed by atoms with van der Waals surface area (Å²) >= 11 is 0. The first-order valence-electron chi connectivity index (χ1n) is 9.77. The molecule has 0 fully saturated rings. The van der Waals surface area contributed by atoms with E-state index in [0.717, 1.165) is 40.6 Å². The lowest BCUT2D eigenvalue weighted by atomic mass is 10.1. The molecule has 5 heteroatoms. The number of rotatable bonds is 2. The van der Waals surface area contributed by atoms with Crippen LogP contribution in [-0.2, 0) is 13.1 Å². The molecule has 29 heavy (non-hydrogen) atoms. The quantitative estimate of drug-likeness (QED) is 0.512. The number of carbonyl (C=O) groups excluding carboxylic acids is 1. The van der Waals surface area contributed by atoms with E-state index < -0.39 is 0 Å². The zero-order chi connectivity index (χ0) is 20.0. The van der Waals surface area contributed by atoms with Gasteiger partial charge in [-0.1, -0.05) is 18.2 Å². The van der Waals surface area contributed by atoms with Gasteiger partial charge in [0.2, 0.25) is 0 Å². The number of hydrogen-bond donors (Lipinski definition) is 0. The molecule has 1 amide bonds. The van der Waals surface area contributed by atoms with Crippen LogP contribution in [0.3, 0.4) is 0 Å². The van der Waals surface area contributed by atoms with Gasteiger partial charge in [0.05, 0.1) is 17.9 Å². The van der Waals surface area contributed by atoms with Gasteiger partial charge in [0.1, 0.15) is 0 Å². The Hall–Kier alpha value is -3.60. The number of benzene rings is 2. The molecule has 2 aromatic heterocycles. The van der Waals surface area contributed by atoms with Crippen LogP contribution in [0.5, 0.6) is 0 Å². The van der Waals surface area contributed by atoms with Gasteiger partial charge < -0.3 is 9.47 Å². The zero-order valence-corrected chi connectivity index (χ0v) is 16.5. The Morgan fingerprint density at radius 1 is 0.931 bits per heavy atom. The summed E-state index contributed by atoms with van der Waals surface area (Å²) in [5.74, 6) is 0.00650. The van der Waals surface area contributed by atoms with Crippen LogP contribution in [-0.4, -0.2) is 20.3 Å². The summed E-state index contributed by atoms with van der Waals surface area (Å²) in [6.07, 6.45) is 2.07. The number of nitrogens with zero attached hydrogens (tertiary/aromatic N) is 4. The minimum Gasteiger partial charge on any atom is -0.345 e. The van der Waals surface area contributed by atoms with Gasteiger partial charge in [-0.05, 0) is 67.9 Å². The Labute approximate surface area is 169 Å². The van der Waals surface area contributed by atoms with Crippen molar-refractivity contribution in [2.45, 2.75) is 26.9 Å². The molecular formula is C24H22N4O. The number of hydrogen-bond acceptors (Lipinski definition) is 2. The van der Waals surface area contributed by atoms with Crippen molar-refractivity contribution in [3.05, 3.63) is 101 Å². The molecule has 0 N–H and O–H groups in total. The van der Waals surface area contributed by atoms with E-state index in [2.05, 4.69) is 28.0 Å². The SMILES string of the molecule is Cc1cc(C)n(-c2ccc(C(=O)N3Cc4cccn4Cc4ccccc43)cc2)n1. The molecule has 3 heterocycles. The minimum absolute atomic E-state index is 0.00650. The number of amides is 1. The molecule has 0 saturated heterocycles. The lowest BCUT2D eigenvalue weighted by Gasteiger charge is -2.23. The Kier molecular flexibility index (Phi) is 4.09. The third-order valence-corrected chi connectivity index (χ3v) is 5.48. The maximum absolute atomic E-state index is 13.5. The molecule has 1 aliphatic rings. The zero-order valence-electron chi connectivity index (χ0n) is 16.5. The molecule has 4 aromatic rings. The Bertz CT molecular complexity index is 1200. The van der Waals surface area contributed by atoms with Gasteiger partial charge in [0.25, 0.3) is 5.91 Å². The van der Waals surface area contributed by atoms with Crippen molar-refractivity contribution in [2.75, 3.05) is 4.90 Å². The first-order chi connectivity index (χ1) is 14.1. The second kappa shape index (κ2) is 6.78. The molecule has 2 aromatic carbocycles. The number of aryl methyl sites for hydroxylation is 2. The van der Waals surface area contributed by atoms with E-state index in [1.165, 1.54) is 0 Å². The van der Waals surface area contributed by atoms with Crippen molar-refractivity contribution in [1.29, 1.82) is 0 Å². The van der Waals surface area contributed by atoms with Crippen molar-refractivity contribution >= 4 is 11.6 Å². The molecule has 0 unspecified atom stereocenters. The summed E-state index contributed by atoms with van der Waals surface area (Å²) in [7, 11) is 0. The first-order valence-corrected chi connectivity index (χ1v) is 9.77. The number of para-hydroxylation sites is 1. The molecule has 5 rings (SSSR count). The topological polar surface area (TPSA) is 43.1 Å². The smallest absolute Gasteiger partial charge is 0.258 e. The molecule has 0 bridgehead atoms.